The monoisotopic (exact) mass is 796 g/mol. The lowest BCUT2D eigenvalue weighted by Crippen LogP contribution is -2.64. The Kier molecular flexibility index (Phi) is 29.4. The molecule has 1 aliphatic rings. The zero-order valence-corrected chi connectivity index (χ0v) is 34.3. The molecule has 0 bridgehead atoms. The smallest absolute Gasteiger partial charge is 0.393 e. The van der Waals surface area contributed by atoms with E-state index in [4.69, 9.17) is 9.05 Å². The van der Waals surface area contributed by atoms with E-state index in [-0.39, 0.29) is 12.8 Å². The molecule has 0 saturated heterocycles. The van der Waals surface area contributed by atoms with Crippen molar-refractivity contribution in [3.05, 3.63) is 12.2 Å². The molecule has 0 aromatic rings. The summed E-state index contributed by atoms with van der Waals surface area (Å²) in [5, 5.41) is 74.3. The number of allylic oxidation sites excluding steroid dienone is 2. The van der Waals surface area contributed by atoms with E-state index in [1.807, 2.05) is 0 Å². The minimum Gasteiger partial charge on any atom is -0.393 e. The van der Waals surface area contributed by atoms with Crippen molar-refractivity contribution in [2.45, 2.75) is 229 Å². The number of amides is 1. The second kappa shape index (κ2) is 31.1. The first kappa shape index (κ1) is 51.1. The number of carbonyl (C=O) groups is 1. The lowest BCUT2D eigenvalue weighted by Gasteiger charge is -2.41. The first-order valence-corrected chi connectivity index (χ1v) is 22.7. The molecule has 13 nitrogen and oxygen atoms in total. The molecule has 8 atom stereocenters. The minimum atomic E-state index is -5.11. The molecule has 9 N–H and O–H groups in total. The summed E-state index contributed by atoms with van der Waals surface area (Å²) in [5.41, 5.74) is 0. The predicted molar refractivity (Wildman–Crippen MR) is 211 cm³/mol. The van der Waals surface area contributed by atoms with Gasteiger partial charge in [0, 0.05) is 0 Å². The van der Waals surface area contributed by atoms with Crippen LogP contribution in [0.2, 0.25) is 0 Å². The standard InChI is InChI=1S/C40H78NO12P/c1-3-5-7-9-11-13-15-16-17-18-19-21-23-25-27-31(42)29-34(44)41-32(33(43)28-26-24-22-20-14-12-10-8-6-4-2)30-52-54(50,51)53-40-38(48)36(46)35(45)37(47)39(40)49/h17-18,31-33,35-40,42-43,45-49H,3-16,19-30H2,1-2H3,(H,41,44)(H,50,51)/b18-17-. The van der Waals surface area contributed by atoms with Crippen molar-refractivity contribution in [3.63, 3.8) is 0 Å². The molecule has 8 unspecified atom stereocenters. The largest absolute Gasteiger partial charge is 0.472 e. The van der Waals surface area contributed by atoms with Crippen LogP contribution in [0.5, 0.6) is 0 Å². The number of hydrogen-bond donors (Lipinski definition) is 9. The Morgan fingerprint density at radius 2 is 1.04 bits per heavy atom. The number of phosphoric acid groups is 1. The van der Waals surface area contributed by atoms with Gasteiger partial charge in [0.2, 0.25) is 5.91 Å². The Morgan fingerprint density at radius 1 is 0.630 bits per heavy atom. The Hall–Kier alpha value is -0.960. The van der Waals surface area contributed by atoms with Crippen LogP contribution >= 0.6 is 7.82 Å². The van der Waals surface area contributed by atoms with Crippen LogP contribution in [0.3, 0.4) is 0 Å². The normalized spacial score (nSPS) is 24.7. The molecule has 54 heavy (non-hydrogen) atoms. The molecule has 0 spiro atoms. The van der Waals surface area contributed by atoms with Gasteiger partial charge in [-0.3, -0.25) is 13.8 Å². The molecule has 0 heterocycles. The minimum absolute atomic E-state index is 0.230. The number of rotatable bonds is 34. The van der Waals surface area contributed by atoms with Crippen LogP contribution in [0.4, 0.5) is 0 Å². The second-order valence-corrected chi connectivity index (χ2v) is 16.8. The molecule has 320 valence electrons. The van der Waals surface area contributed by atoms with Crippen LogP contribution < -0.4 is 5.32 Å². The van der Waals surface area contributed by atoms with Gasteiger partial charge in [-0.05, 0) is 38.5 Å². The summed E-state index contributed by atoms with van der Waals surface area (Å²) in [6.45, 7) is 3.73. The highest BCUT2D eigenvalue weighted by Gasteiger charge is 2.51. The molecule has 1 saturated carbocycles. The number of nitrogens with one attached hydrogen (secondary N) is 1. The molecule has 0 radical (unpaired) electrons. The summed E-state index contributed by atoms with van der Waals surface area (Å²) >= 11 is 0. The maximum Gasteiger partial charge on any atom is 0.472 e. The highest BCUT2D eigenvalue weighted by molar-refractivity contribution is 7.47. The first-order valence-electron chi connectivity index (χ1n) is 21.2. The van der Waals surface area contributed by atoms with Crippen molar-refractivity contribution in [2.75, 3.05) is 6.61 Å². The van der Waals surface area contributed by atoms with Crippen molar-refractivity contribution in [1.29, 1.82) is 0 Å². The highest BCUT2D eigenvalue weighted by atomic mass is 31.2. The van der Waals surface area contributed by atoms with E-state index in [1.54, 1.807) is 0 Å². The molecule has 14 heteroatoms. The predicted octanol–water partition coefficient (Wildman–Crippen LogP) is 5.86. The van der Waals surface area contributed by atoms with E-state index in [0.29, 0.717) is 12.8 Å². The van der Waals surface area contributed by atoms with Crippen molar-refractivity contribution in [3.8, 4) is 0 Å². The topological polar surface area (TPSA) is 226 Å². The Balaban J connectivity index is 2.57. The number of carbonyl (C=O) groups excluding carboxylic acids is 1. The van der Waals surface area contributed by atoms with E-state index in [0.717, 1.165) is 57.8 Å². The van der Waals surface area contributed by atoms with Gasteiger partial charge in [-0.1, -0.05) is 142 Å². The van der Waals surface area contributed by atoms with Crippen molar-refractivity contribution < 1.29 is 59.0 Å². The molecule has 0 aliphatic heterocycles. The third kappa shape index (κ3) is 23.3. The lowest BCUT2D eigenvalue weighted by atomic mass is 9.85. The molecule has 1 amide bonds. The van der Waals surface area contributed by atoms with Gasteiger partial charge in [-0.2, -0.15) is 0 Å². The SMILES string of the molecule is CCCCCCCCC/C=C\CCCCCC(O)CC(=O)NC(COP(=O)(O)OC1C(O)C(O)C(O)C(O)C1O)C(O)CCCCCCCCCCCC. The summed E-state index contributed by atoms with van der Waals surface area (Å²) in [5.74, 6) is -0.571. The van der Waals surface area contributed by atoms with Crippen LogP contribution in [0.15, 0.2) is 12.2 Å². The Morgan fingerprint density at radius 3 is 1.54 bits per heavy atom. The summed E-state index contributed by atoms with van der Waals surface area (Å²) in [7, 11) is -5.11. The van der Waals surface area contributed by atoms with E-state index >= 15 is 0 Å². The average molecular weight is 796 g/mol. The molecule has 1 rings (SSSR count). The number of unbranched alkanes of at least 4 members (excludes halogenated alkanes) is 19. The van der Waals surface area contributed by atoms with Crippen molar-refractivity contribution >= 4 is 13.7 Å². The number of phosphoric ester groups is 1. The van der Waals surface area contributed by atoms with E-state index in [1.165, 1.54) is 77.0 Å². The third-order valence-corrected chi connectivity index (χ3v) is 11.4. The fourth-order valence-corrected chi connectivity index (χ4v) is 7.79. The molecule has 1 fully saturated rings. The van der Waals surface area contributed by atoms with Crippen LogP contribution in [-0.4, -0.2) is 108 Å². The molecule has 0 aromatic heterocycles. The Labute approximate surface area is 325 Å². The average Bonchev–Trinajstić information content (AvgIpc) is 3.14. The summed E-state index contributed by atoms with van der Waals surface area (Å²) < 4.78 is 22.8. The number of hydrogen-bond acceptors (Lipinski definition) is 11. The number of aliphatic hydroxyl groups excluding tert-OH is 7. The van der Waals surface area contributed by atoms with E-state index < -0.39 is 75.2 Å². The summed E-state index contributed by atoms with van der Waals surface area (Å²) in [4.78, 5) is 23.3. The van der Waals surface area contributed by atoms with Gasteiger partial charge in [0.1, 0.15) is 36.6 Å². The maximum absolute atomic E-state index is 12.9. The summed E-state index contributed by atoms with van der Waals surface area (Å²) in [6, 6.07) is -1.15. The van der Waals surface area contributed by atoms with Gasteiger partial charge in [0.25, 0.3) is 0 Å². The van der Waals surface area contributed by atoms with Crippen LogP contribution in [-0.2, 0) is 18.4 Å². The fraction of sp³-hybridized carbons (Fsp3) is 0.925. The van der Waals surface area contributed by atoms with Crippen LogP contribution in [0, 0.1) is 0 Å². The highest BCUT2D eigenvalue weighted by Crippen LogP contribution is 2.47. The van der Waals surface area contributed by atoms with E-state index in [9.17, 15) is 50.0 Å². The van der Waals surface area contributed by atoms with Gasteiger partial charge in [-0.15, -0.1) is 0 Å². The zero-order valence-electron chi connectivity index (χ0n) is 33.4. The van der Waals surface area contributed by atoms with Crippen molar-refractivity contribution in [2.24, 2.45) is 0 Å². The molecular formula is C40H78NO12P. The van der Waals surface area contributed by atoms with Gasteiger partial charge in [0.05, 0.1) is 31.3 Å². The van der Waals surface area contributed by atoms with Gasteiger partial charge >= 0.3 is 7.82 Å². The van der Waals surface area contributed by atoms with E-state index in [2.05, 4.69) is 31.3 Å². The maximum atomic E-state index is 12.9. The lowest BCUT2D eigenvalue weighted by molar-refractivity contribution is -0.220. The van der Waals surface area contributed by atoms with Gasteiger partial charge < -0.3 is 46.0 Å². The van der Waals surface area contributed by atoms with Crippen LogP contribution in [0.25, 0.3) is 0 Å². The van der Waals surface area contributed by atoms with Crippen molar-refractivity contribution in [1.82, 2.24) is 5.32 Å². The van der Waals surface area contributed by atoms with Gasteiger partial charge in [-0.25, -0.2) is 4.57 Å². The quantitative estimate of drug-likeness (QED) is 0.0212. The van der Waals surface area contributed by atoms with Gasteiger partial charge in [0.15, 0.2) is 0 Å². The third-order valence-electron chi connectivity index (χ3n) is 10.4. The fourth-order valence-electron chi connectivity index (χ4n) is 6.83. The molecular weight excluding hydrogens is 717 g/mol. The number of aliphatic hydroxyl groups is 7. The Bertz CT molecular complexity index is 990. The van der Waals surface area contributed by atoms with Crippen LogP contribution in [0.1, 0.15) is 174 Å². The second-order valence-electron chi connectivity index (χ2n) is 15.4. The molecule has 1 aliphatic carbocycles. The first-order chi connectivity index (χ1) is 25.8. The zero-order chi connectivity index (χ0) is 40.2. The molecule has 0 aromatic carbocycles. The summed E-state index contributed by atoms with van der Waals surface area (Å²) in [6.07, 6.45) is 15.7.